The summed E-state index contributed by atoms with van der Waals surface area (Å²) in [5.74, 6) is 0. The fourth-order valence-corrected chi connectivity index (χ4v) is 3.20. The van der Waals surface area contributed by atoms with Gasteiger partial charge in [0.15, 0.2) is 0 Å². The Morgan fingerprint density at radius 3 is 2.63 bits per heavy atom. The zero-order valence-electron chi connectivity index (χ0n) is 11.9. The van der Waals surface area contributed by atoms with Crippen molar-refractivity contribution in [1.82, 2.24) is 5.32 Å². The lowest BCUT2D eigenvalue weighted by Crippen LogP contribution is -2.53. The Hall–Kier alpha value is -0.130. The number of likely N-dealkylation sites (N-methyl/N-ethyl adjacent to an activating group) is 1. The molecule has 1 aliphatic rings. The van der Waals surface area contributed by atoms with Crippen LogP contribution in [0.2, 0.25) is 0 Å². The van der Waals surface area contributed by atoms with Gasteiger partial charge in [0, 0.05) is 16.2 Å². The highest BCUT2D eigenvalue weighted by Crippen LogP contribution is 2.29. The Kier molecular flexibility index (Phi) is 5.66. The van der Waals surface area contributed by atoms with E-state index in [9.17, 15) is 0 Å². The number of benzene rings is 1. The maximum Gasteiger partial charge on any atom is 0.0810 e. The standard InChI is InChI=1S/C16H24INO/c1-3-18-15(16(2)10-4-5-11-19-16)12-13-6-8-14(17)9-7-13/h6-9,15,18H,3-5,10-12H2,1-2H3. The first-order chi connectivity index (χ1) is 9.14. The molecule has 1 fully saturated rings. The van der Waals surface area contributed by atoms with Gasteiger partial charge in [0.2, 0.25) is 0 Å². The monoisotopic (exact) mass is 373 g/mol. The van der Waals surface area contributed by atoms with E-state index in [1.807, 2.05) is 0 Å². The lowest BCUT2D eigenvalue weighted by molar-refractivity contribution is -0.0881. The molecule has 2 rings (SSSR count). The van der Waals surface area contributed by atoms with Crippen LogP contribution in [0.5, 0.6) is 0 Å². The van der Waals surface area contributed by atoms with Gasteiger partial charge in [-0.25, -0.2) is 0 Å². The van der Waals surface area contributed by atoms with E-state index in [2.05, 4.69) is 66.0 Å². The van der Waals surface area contributed by atoms with Crippen LogP contribution in [0.3, 0.4) is 0 Å². The molecule has 3 heteroatoms. The topological polar surface area (TPSA) is 21.3 Å². The van der Waals surface area contributed by atoms with E-state index in [-0.39, 0.29) is 5.60 Å². The summed E-state index contributed by atoms with van der Waals surface area (Å²) in [5.41, 5.74) is 1.37. The van der Waals surface area contributed by atoms with E-state index in [1.165, 1.54) is 22.0 Å². The largest absolute Gasteiger partial charge is 0.374 e. The number of halogens is 1. The van der Waals surface area contributed by atoms with E-state index < -0.39 is 0 Å². The van der Waals surface area contributed by atoms with Gasteiger partial charge in [-0.2, -0.15) is 0 Å². The van der Waals surface area contributed by atoms with Crippen LogP contribution < -0.4 is 5.32 Å². The highest BCUT2D eigenvalue weighted by atomic mass is 127. The zero-order valence-corrected chi connectivity index (χ0v) is 14.1. The van der Waals surface area contributed by atoms with E-state index in [1.54, 1.807) is 0 Å². The molecule has 2 unspecified atom stereocenters. The van der Waals surface area contributed by atoms with Crippen LogP contribution in [0.25, 0.3) is 0 Å². The summed E-state index contributed by atoms with van der Waals surface area (Å²) in [6.45, 7) is 6.35. The van der Waals surface area contributed by atoms with Crippen LogP contribution in [0.15, 0.2) is 24.3 Å². The minimum atomic E-state index is -0.0166. The average molecular weight is 373 g/mol. The summed E-state index contributed by atoms with van der Waals surface area (Å²) in [7, 11) is 0. The first-order valence-electron chi connectivity index (χ1n) is 7.26. The van der Waals surface area contributed by atoms with Gasteiger partial charge in [-0.1, -0.05) is 19.1 Å². The third kappa shape index (κ3) is 4.17. The van der Waals surface area contributed by atoms with Gasteiger partial charge in [0.1, 0.15) is 0 Å². The molecule has 19 heavy (non-hydrogen) atoms. The molecule has 0 saturated carbocycles. The van der Waals surface area contributed by atoms with Crippen LogP contribution in [0.1, 0.15) is 38.7 Å². The summed E-state index contributed by atoms with van der Waals surface area (Å²) < 4.78 is 7.41. The summed E-state index contributed by atoms with van der Waals surface area (Å²) in [6.07, 6.45) is 4.69. The number of hydrogen-bond acceptors (Lipinski definition) is 2. The van der Waals surface area contributed by atoms with Crippen molar-refractivity contribution in [2.45, 2.75) is 51.2 Å². The Balaban J connectivity index is 2.08. The number of hydrogen-bond donors (Lipinski definition) is 1. The van der Waals surface area contributed by atoms with E-state index >= 15 is 0 Å². The SMILES string of the molecule is CCNC(Cc1ccc(I)cc1)C1(C)CCCCO1. The molecule has 1 aromatic carbocycles. The smallest absolute Gasteiger partial charge is 0.0810 e. The van der Waals surface area contributed by atoms with Crippen molar-refractivity contribution in [3.63, 3.8) is 0 Å². The quantitative estimate of drug-likeness (QED) is 0.794. The van der Waals surface area contributed by atoms with Gasteiger partial charge in [0.25, 0.3) is 0 Å². The molecule has 0 spiro atoms. The zero-order chi connectivity index (χ0) is 13.7. The molecule has 1 N–H and O–H groups in total. The van der Waals surface area contributed by atoms with Crippen molar-refractivity contribution in [3.8, 4) is 0 Å². The Labute approximate surface area is 130 Å². The minimum Gasteiger partial charge on any atom is -0.374 e. The highest BCUT2D eigenvalue weighted by Gasteiger charge is 2.36. The van der Waals surface area contributed by atoms with Crippen molar-refractivity contribution in [2.75, 3.05) is 13.2 Å². The molecule has 1 aliphatic heterocycles. The summed E-state index contributed by atoms with van der Waals surface area (Å²) in [5, 5.41) is 3.63. The molecule has 0 aliphatic carbocycles. The summed E-state index contributed by atoms with van der Waals surface area (Å²) in [4.78, 5) is 0. The molecule has 106 valence electrons. The van der Waals surface area contributed by atoms with Crippen LogP contribution in [0, 0.1) is 3.57 Å². The first kappa shape index (κ1) is 15.3. The van der Waals surface area contributed by atoms with Crippen LogP contribution in [0.4, 0.5) is 0 Å². The number of nitrogens with one attached hydrogen (secondary N) is 1. The molecule has 0 radical (unpaired) electrons. The Bertz CT molecular complexity index is 384. The maximum absolute atomic E-state index is 6.11. The second-order valence-electron chi connectivity index (χ2n) is 5.56. The molecular formula is C16H24INO. The molecule has 0 bridgehead atoms. The summed E-state index contributed by atoms with van der Waals surface area (Å²) >= 11 is 2.35. The van der Waals surface area contributed by atoms with Gasteiger partial charge in [-0.15, -0.1) is 0 Å². The van der Waals surface area contributed by atoms with E-state index in [0.717, 1.165) is 26.0 Å². The third-order valence-electron chi connectivity index (χ3n) is 4.04. The second-order valence-corrected chi connectivity index (χ2v) is 6.80. The normalized spacial score (nSPS) is 25.2. The van der Waals surface area contributed by atoms with Crippen molar-refractivity contribution in [3.05, 3.63) is 33.4 Å². The average Bonchev–Trinajstić information content (AvgIpc) is 2.41. The lowest BCUT2D eigenvalue weighted by Gasteiger charge is -2.41. The molecular weight excluding hydrogens is 349 g/mol. The molecule has 2 atom stereocenters. The fraction of sp³-hybridized carbons (Fsp3) is 0.625. The summed E-state index contributed by atoms with van der Waals surface area (Å²) in [6, 6.07) is 9.24. The second kappa shape index (κ2) is 7.04. The maximum atomic E-state index is 6.11. The fourth-order valence-electron chi connectivity index (χ4n) is 2.84. The highest BCUT2D eigenvalue weighted by molar-refractivity contribution is 14.1. The lowest BCUT2D eigenvalue weighted by atomic mass is 9.84. The van der Waals surface area contributed by atoms with E-state index in [0.29, 0.717) is 6.04 Å². The van der Waals surface area contributed by atoms with Gasteiger partial charge in [-0.05, 0) is 79.4 Å². The third-order valence-corrected chi connectivity index (χ3v) is 4.76. The predicted molar refractivity (Wildman–Crippen MR) is 88.5 cm³/mol. The van der Waals surface area contributed by atoms with Crippen molar-refractivity contribution in [2.24, 2.45) is 0 Å². The molecule has 1 heterocycles. The van der Waals surface area contributed by atoms with Gasteiger partial charge >= 0.3 is 0 Å². The molecule has 1 saturated heterocycles. The van der Waals surface area contributed by atoms with Crippen LogP contribution >= 0.6 is 22.6 Å². The number of ether oxygens (including phenoxy) is 1. The van der Waals surface area contributed by atoms with E-state index in [4.69, 9.17) is 4.74 Å². The molecule has 1 aromatic rings. The molecule has 0 aromatic heterocycles. The van der Waals surface area contributed by atoms with Crippen molar-refractivity contribution >= 4 is 22.6 Å². The number of rotatable bonds is 5. The van der Waals surface area contributed by atoms with Crippen LogP contribution in [-0.2, 0) is 11.2 Å². The molecule has 2 nitrogen and oxygen atoms in total. The minimum absolute atomic E-state index is 0.0166. The predicted octanol–water partition coefficient (Wildman–Crippen LogP) is 3.77. The first-order valence-corrected chi connectivity index (χ1v) is 8.34. The Morgan fingerprint density at radius 2 is 2.05 bits per heavy atom. The molecule has 0 amide bonds. The van der Waals surface area contributed by atoms with Crippen molar-refractivity contribution < 1.29 is 4.74 Å². The Morgan fingerprint density at radius 1 is 1.32 bits per heavy atom. The van der Waals surface area contributed by atoms with Gasteiger partial charge in [0.05, 0.1) is 5.60 Å². The van der Waals surface area contributed by atoms with Crippen LogP contribution in [-0.4, -0.2) is 24.8 Å². The van der Waals surface area contributed by atoms with Gasteiger partial charge < -0.3 is 10.1 Å². The van der Waals surface area contributed by atoms with Crippen molar-refractivity contribution in [1.29, 1.82) is 0 Å². The van der Waals surface area contributed by atoms with Gasteiger partial charge in [-0.3, -0.25) is 0 Å².